The van der Waals surface area contributed by atoms with Gasteiger partial charge in [-0.2, -0.15) is 0 Å². The molecule has 0 spiro atoms. The molecule has 37 heavy (non-hydrogen) atoms. The standard InChI is InChI=1S/C32H35ClN2O2/c33-29-19-16-27(17-20-29)24-35(30(36)21-18-25-10-4-1-5-11-25)31(28-14-8-3-9-15-28)32(37)34-23-22-26-12-6-2-7-13-26/h1,3-5,8-12,14-17,19-20,31H,2,6-7,13,18,21-24H2,(H,34,37). The second-order valence-electron chi connectivity index (χ2n) is 9.60. The van der Waals surface area contributed by atoms with Gasteiger partial charge in [-0.25, -0.2) is 0 Å². The van der Waals surface area contributed by atoms with Crippen molar-refractivity contribution < 1.29 is 9.59 Å². The average molecular weight is 515 g/mol. The number of allylic oxidation sites excluding steroid dienone is 1. The van der Waals surface area contributed by atoms with Gasteiger partial charge in [0.2, 0.25) is 11.8 Å². The molecular weight excluding hydrogens is 480 g/mol. The molecule has 1 aliphatic rings. The zero-order valence-corrected chi connectivity index (χ0v) is 22.0. The molecule has 5 heteroatoms. The SMILES string of the molecule is O=C(NCCC1=CCCCC1)C(c1ccccc1)N(Cc1ccc(Cl)cc1)C(=O)CCc1ccccc1. The molecule has 3 aromatic carbocycles. The Bertz CT molecular complexity index is 1180. The largest absolute Gasteiger partial charge is 0.354 e. The molecule has 0 heterocycles. The Labute approximate surface area is 225 Å². The first-order valence-corrected chi connectivity index (χ1v) is 13.6. The molecule has 0 saturated carbocycles. The molecular formula is C32H35ClN2O2. The molecule has 0 saturated heterocycles. The number of hydrogen-bond donors (Lipinski definition) is 1. The van der Waals surface area contributed by atoms with Gasteiger partial charge in [-0.15, -0.1) is 0 Å². The van der Waals surface area contributed by atoms with E-state index in [2.05, 4.69) is 11.4 Å². The molecule has 0 fully saturated rings. The number of amides is 2. The van der Waals surface area contributed by atoms with E-state index in [0.29, 0.717) is 31.0 Å². The molecule has 1 N–H and O–H groups in total. The topological polar surface area (TPSA) is 49.4 Å². The molecule has 0 bridgehead atoms. The van der Waals surface area contributed by atoms with E-state index >= 15 is 0 Å². The van der Waals surface area contributed by atoms with Crippen LogP contribution in [-0.2, 0) is 22.6 Å². The summed E-state index contributed by atoms with van der Waals surface area (Å²) in [5.74, 6) is -0.206. The minimum Gasteiger partial charge on any atom is -0.354 e. The Morgan fingerprint density at radius 3 is 2.22 bits per heavy atom. The fraction of sp³-hybridized carbons (Fsp3) is 0.312. The lowest BCUT2D eigenvalue weighted by molar-refractivity contribution is -0.141. The van der Waals surface area contributed by atoms with Gasteiger partial charge in [0.05, 0.1) is 0 Å². The van der Waals surface area contributed by atoms with Crippen molar-refractivity contribution in [3.8, 4) is 0 Å². The van der Waals surface area contributed by atoms with E-state index in [0.717, 1.165) is 36.0 Å². The Morgan fingerprint density at radius 2 is 1.54 bits per heavy atom. The lowest BCUT2D eigenvalue weighted by Crippen LogP contribution is -2.43. The van der Waals surface area contributed by atoms with Crippen LogP contribution in [0.2, 0.25) is 5.02 Å². The minimum absolute atomic E-state index is 0.0576. The van der Waals surface area contributed by atoms with E-state index in [9.17, 15) is 9.59 Å². The predicted octanol–water partition coefficient (Wildman–Crippen LogP) is 7.05. The van der Waals surface area contributed by atoms with E-state index in [1.54, 1.807) is 4.90 Å². The van der Waals surface area contributed by atoms with Crippen LogP contribution in [0.4, 0.5) is 0 Å². The predicted molar refractivity (Wildman–Crippen MR) is 150 cm³/mol. The van der Waals surface area contributed by atoms with E-state index in [1.165, 1.54) is 18.4 Å². The third-order valence-corrected chi connectivity index (χ3v) is 7.11. The number of aryl methyl sites for hydroxylation is 1. The molecule has 0 aliphatic heterocycles. The number of halogens is 1. The smallest absolute Gasteiger partial charge is 0.247 e. The quantitative estimate of drug-likeness (QED) is 0.279. The van der Waals surface area contributed by atoms with Gasteiger partial charge in [-0.05, 0) is 67.3 Å². The van der Waals surface area contributed by atoms with Gasteiger partial charge in [0, 0.05) is 24.5 Å². The first-order chi connectivity index (χ1) is 18.1. The number of nitrogens with one attached hydrogen (secondary N) is 1. The summed E-state index contributed by atoms with van der Waals surface area (Å²) in [4.78, 5) is 29.2. The van der Waals surface area contributed by atoms with Crippen molar-refractivity contribution in [1.29, 1.82) is 0 Å². The van der Waals surface area contributed by atoms with Crippen LogP contribution in [0.15, 0.2) is 96.6 Å². The number of nitrogens with zero attached hydrogens (tertiary/aromatic N) is 1. The normalized spacial score (nSPS) is 13.9. The highest BCUT2D eigenvalue weighted by Gasteiger charge is 2.31. The molecule has 192 valence electrons. The monoisotopic (exact) mass is 514 g/mol. The lowest BCUT2D eigenvalue weighted by Gasteiger charge is -2.32. The summed E-state index contributed by atoms with van der Waals surface area (Å²) in [7, 11) is 0. The first-order valence-electron chi connectivity index (χ1n) is 13.2. The zero-order chi connectivity index (χ0) is 25.9. The van der Waals surface area contributed by atoms with Gasteiger partial charge in [0.25, 0.3) is 0 Å². The highest BCUT2D eigenvalue weighted by Crippen LogP contribution is 2.26. The molecule has 0 aromatic heterocycles. The summed E-state index contributed by atoms with van der Waals surface area (Å²) in [6, 6.07) is 26.3. The third kappa shape index (κ3) is 8.06. The summed E-state index contributed by atoms with van der Waals surface area (Å²) in [5.41, 5.74) is 4.25. The molecule has 1 aliphatic carbocycles. The van der Waals surface area contributed by atoms with Crippen molar-refractivity contribution in [3.63, 3.8) is 0 Å². The van der Waals surface area contributed by atoms with E-state index in [1.807, 2.05) is 84.9 Å². The number of benzene rings is 3. The molecule has 0 radical (unpaired) electrons. The zero-order valence-electron chi connectivity index (χ0n) is 21.2. The van der Waals surface area contributed by atoms with E-state index < -0.39 is 6.04 Å². The maximum atomic E-state index is 13.7. The summed E-state index contributed by atoms with van der Waals surface area (Å²) in [6.45, 7) is 0.893. The number of rotatable bonds is 11. The fourth-order valence-electron chi connectivity index (χ4n) is 4.83. The van der Waals surface area contributed by atoms with Gasteiger partial charge in [0.15, 0.2) is 0 Å². The van der Waals surface area contributed by atoms with Gasteiger partial charge in [-0.3, -0.25) is 9.59 Å². The second-order valence-corrected chi connectivity index (χ2v) is 10.0. The summed E-state index contributed by atoms with van der Waals surface area (Å²) >= 11 is 6.11. The van der Waals surface area contributed by atoms with Gasteiger partial charge in [0.1, 0.15) is 6.04 Å². The molecule has 2 amide bonds. The van der Waals surface area contributed by atoms with Crippen LogP contribution >= 0.6 is 11.6 Å². The van der Waals surface area contributed by atoms with Gasteiger partial charge >= 0.3 is 0 Å². The van der Waals surface area contributed by atoms with Crippen LogP contribution in [-0.4, -0.2) is 23.3 Å². The number of carbonyl (C=O) groups is 2. The summed E-state index contributed by atoms with van der Waals surface area (Å²) < 4.78 is 0. The Balaban J connectivity index is 1.56. The van der Waals surface area contributed by atoms with Crippen molar-refractivity contribution in [2.75, 3.05) is 6.54 Å². The van der Waals surface area contributed by atoms with Gasteiger partial charge in [-0.1, -0.05) is 96.0 Å². The van der Waals surface area contributed by atoms with Crippen LogP contribution in [0.1, 0.15) is 61.3 Å². The molecule has 1 atom stereocenters. The van der Waals surface area contributed by atoms with Crippen molar-refractivity contribution in [2.45, 2.75) is 57.5 Å². The Morgan fingerprint density at radius 1 is 0.838 bits per heavy atom. The minimum atomic E-state index is -0.722. The van der Waals surface area contributed by atoms with E-state index in [-0.39, 0.29) is 11.8 Å². The van der Waals surface area contributed by atoms with Gasteiger partial charge < -0.3 is 10.2 Å². The molecule has 3 aromatic rings. The van der Waals surface area contributed by atoms with E-state index in [4.69, 9.17) is 11.6 Å². The lowest BCUT2D eigenvalue weighted by atomic mass is 9.97. The van der Waals surface area contributed by atoms with Crippen LogP contribution in [0.3, 0.4) is 0 Å². The van der Waals surface area contributed by atoms with Crippen molar-refractivity contribution >= 4 is 23.4 Å². The number of hydrogen-bond acceptors (Lipinski definition) is 2. The highest BCUT2D eigenvalue weighted by atomic mass is 35.5. The van der Waals surface area contributed by atoms with Crippen molar-refractivity contribution in [3.05, 3.63) is 118 Å². The maximum absolute atomic E-state index is 13.7. The first kappa shape index (κ1) is 26.7. The van der Waals surface area contributed by atoms with Crippen LogP contribution < -0.4 is 5.32 Å². The molecule has 4 nitrogen and oxygen atoms in total. The van der Waals surface area contributed by atoms with Crippen LogP contribution in [0, 0.1) is 0 Å². The summed E-state index contributed by atoms with van der Waals surface area (Å²) in [5, 5.41) is 3.78. The van der Waals surface area contributed by atoms with Crippen molar-refractivity contribution in [2.24, 2.45) is 0 Å². The van der Waals surface area contributed by atoms with Crippen LogP contribution in [0.5, 0.6) is 0 Å². The summed E-state index contributed by atoms with van der Waals surface area (Å²) in [6.07, 6.45) is 8.80. The maximum Gasteiger partial charge on any atom is 0.247 e. The molecule has 4 rings (SSSR count). The number of carbonyl (C=O) groups excluding carboxylic acids is 2. The Kier molecular flexibility index (Phi) is 9.96. The third-order valence-electron chi connectivity index (χ3n) is 6.86. The second kappa shape index (κ2) is 13.8. The Hall–Kier alpha value is -3.37. The highest BCUT2D eigenvalue weighted by molar-refractivity contribution is 6.30. The molecule has 1 unspecified atom stereocenters. The average Bonchev–Trinajstić information content (AvgIpc) is 2.94. The van der Waals surface area contributed by atoms with Crippen LogP contribution in [0.25, 0.3) is 0 Å². The van der Waals surface area contributed by atoms with Crippen molar-refractivity contribution in [1.82, 2.24) is 10.2 Å². The fourth-order valence-corrected chi connectivity index (χ4v) is 4.96.